The summed E-state index contributed by atoms with van der Waals surface area (Å²) in [7, 11) is -10.7. The van der Waals surface area contributed by atoms with Gasteiger partial charge in [-0.25, -0.2) is 18.3 Å². The van der Waals surface area contributed by atoms with Gasteiger partial charge in [0.05, 0.1) is 6.20 Å². The summed E-state index contributed by atoms with van der Waals surface area (Å²) in [6, 6.07) is 0. The molecule has 1 fully saturated rings. The van der Waals surface area contributed by atoms with Crippen molar-refractivity contribution in [2.24, 2.45) is 0 Å². The third kappa shape index (κ3) is 5.36. The van der Waals surface area contributed by atoms with Crippen molar-refractivity contribution in [3.05, 3.63) is 32.9 Å². The third-order valence-corrected chi connectivity index (χ3v) is 5.13. The van der Waals surface area contributed by atoms with E-state index in [1.165, 1.54) is 0 Å². The Labute approximate surface area is 136 Å². The lowest BCUT2D eigenvalue weighted by atomic mass is 10.2. The average molecular weight is 408 g/mol. The van der Waals surface area contributed by atoms with E-state index in [1.54, 1.807) is 4.98 Å². The minimum Gasteiger partial charge on any atom is -0.320 e. The average Bonchev–Trinajstić information content (AvgIpc) is 2.81. The molecule has 0 aliphatic carbocycles. The van der Waals surface area contributed by atoms with Gasteiger partial charge < -0.3 is 19.4 Å². The first kappa shape index (κ1) is 20.1. The van der Waals surface area contributed by atoms with Gasteiger partial charge in [-0.3, -0.25) is 18.9 Å². The van der Waals surface area contributed by atoms with Crippen molar-refractivity contribution in [2.45, 2.75) is 24.9 Å². The summed E-state index contributed by atoms with van der Waals surface area (Å²) < 4.78 is 62.4. The quantitative estimate of drug-likeness (QED) is 0.464. The number of hydrogen-bond acceptors (Lipinski definition) is 7. The van der Waals surface area contributed by atoms with Crippen LogP contribution in [-0.2, 0) is 22.7 Å². The highest BCUT2D eigenvalue weighted by Gasteiger charge is 2.45. The molecule has 1 aromatic rings. The van der Waals surface area contributed by atoms with E-state index >= 15 is 0 Å². The summed E-state index contributed by atoms with van der Waals surface area (Å²) in [5.74, 6) is -4.04. The first-order valence-corrected chi connectivity index (χ1v) is 9.45. The van der Waals surface area contributed by atoms with Crippen LogP contribution in [-0.4, -0.2) is 36.7 Å². The second-order valence-corrected chi connectivity index (χ2v) is 7.78. The fourth-order valence-corrected chi connectivity index (χ4v) is 3.63. The lowest BCUT2D eigenvalue weighted by molar-refractivity contribution is -0.175. The van der Waals surface area contributed by atoms with E-state index in [0.29, 0.717) is 10.8 Å². The number of aromatic nitrogens is 2. The van der Waals surface area contributed by atoms with E-state index in [2.05, 4.69) is 8.83 Å². The molecule has 0 bridgehead atoms. The number of H-pyrrole nitrogens is 1. The van der Waals surface area contributed by atoms with Gasteiger partial charge in [-0.05, 0) is 6.42 Å². The minimum atomic E-state index is -5.37. The van der Waals surface area contributed by atoms with Crippen LogP contribution in [0.3, 0.4) is 0 Å². The van der Waals surface area contributed by atoms with Gasteiger partial charge in [0.25, 0.3) is 5.56 Å². The highest BCUT2D eigenvalue weighted by Crippen LogP contribution is 2.58. The largest absolute Gasteiger partial charge is 0.481 e. The molecule has 1 aliphatic rings. The van der Waals surface area contributed by atoms with E-state index in [4.69, 9.17) is 19.4 Å². The zero-order valence-electron chi connectivity index (χ0n) is 12.1. The second kappa shape index (κ2) is 6.82. The number of aromatic amines is 1. The molecule has 142 valence electrons. The monoisotopic (exact) mass is 408 g/mol. The lowest BCUT2D eigenvalue weighted by Crippen LogP contribution is -2.35. The molecule has 16 heteroatoms. The predicted octanol–water partition coefficient (Wildman–Crippen LogP) is -0.123. The molecule has 0 aromatic carbocycles. The van der Waals surface area contributed by atoms with Crippen LogP contribution >= 0.6 is 15.6 Å². The Kier molecular flexibility index (Phi) is 5.47. The number of ether oxygens (including phenoxy) is 1. The fraction of sp³-hybridized carbons (Fsp3) is 0.556. The highest BCUT2D eigenvalue weighted by atomic mass is 31.3. The van der Waals surface area contributed by atoms with Crippen LogP contribution in [0.2, 0.25) is 0 Å². The molecule has 3 atom stereocenters. The minimum absolute atomic E-state index is 0.194. The Morgan fingerprint density at radius 2 is 2.04 bits per heavy atom. The highest BCUT2D eigenvalue weighted by molar-refractivity contribution is 7.60. The molecule has 0 saturated carbocycles. The molecule has 2 heterocycles. The maximum Gasteiger partial charge on any atom is 0.481 e. The molecule has 1 saturated heterocycles. The van der Waals surface area contributed by atoms with Crippen molar-refractivity contribution in [3.63, 3.8) is 0 Å². The first-order chi connectivity index (χ1) is 11.3. The number of phosphoric acid groups is 2. The van der Waals surface area contributed by atoms with Crippen molar-refractivity contribution in [1.29, 1.82) is 0 Å². The van der Waals surface area contributed by atoms with E-state index in [0.717, 1.165) is 0 Å². The van der Waals surface area contributed by atoms with E-state index in [1.807, 2.05) is 0 Å². The molecule has 1 unspecified atom stereocenters. The number of halogens is 2. The zero-order valence-corrected chi connectivity index (χ0v) is 13.9. The van der Waals surface area contributed by atoms with Gasteiger partial charge in [0.1, 0.15) is 12.8 Å². The zero-order chi connectivity index (χ0) is 19.0. The molecule has 4 N–H and O–H groups in total. The summed E-state index contributed by atoms with van der Waals surface area (Å²) >= 11 is 0. The standard InChI is InChI=1S/C9H12F2N2O10P2/c10-5-3-13(8(15)12-7(5)14)6-1-2-9(11,22-6)4-21-25(19,20)23-24(16,17)18/h3,6H,1-2,4H2,(H,19,20)(H,12,14,15)(H2,16,17,18)/t6-,9+/m1/s1. The molecule has 1 aromatic heterocycles. The SMILES string of the molecule is O=c1[nH]c(=O)n([C@H]2CC[C@@](F)(COP(=O)(O)OP(=O)(O)O)O2)cc1F. The predicted molar refractivity (Wildman–Crippen MR) is 73.4 cm³/mol. The van der Waals surface area contributed by atoms with Gasteiger partial charge in [0, 0.05) is 6.42 Å². The molecule has 0 spiro atoms. The van der Waals surface area contributed by atoms with Gasteiger partial charge >= 0.3 is 21.3 Å². The van der Waals surface area contributed by atoms with Crippen LogP contribution in [0.5, 0.6) is 0 Å². The number of alkyl halides is 1. The summed E-state index contributed by atoms with van der Waals surface area (Å²) in [6.07, 6.45) is -1.51. The van der Waals surface area contributed by atoms with Gasteiger partial charge in [-0.15, -0.1) is 0 Å². The van der Waals surface area contributed by atoms with Gasteiger partial charge in [0.2, 0.25) is 11.7 Å². The van der Waals surface area contributed by atoms with E-state index < -0.39 is 57.8 Å². The Hall–Kier alpha value is -1.24. The maximum absolute atomic E-state index is 14.4. The number of nitrogens with one attached hydrogen (secondary N) is 1. The summed E-state index contributed by atoms with van der Waals surface area (Å²) in [5.41, 5.74) is -2.34. The molecule has 12 nitrogen and oxygen atoms in total. The summed E-state index contributed by atoms with van der Waals surface area (Å²) in [4.78, 5) is 50.1. The van der Waals surface area contributed by atoms with Gasteiger partial charge in [-0.2, -0.15) is 8.70 Å². The molecular weight excluding hydrogens is 396 g/mol. The topological polar surface area (TPSA) is 177 Å². The van der Waals surface area contributed by atoms with Gasteiger partial charge in [-0.1, -0.05) is 0 Å². The van der Waals surface area contributed by atoms with Crippen molar-refractivity contribution < 1.29 is 46.2 Å². The first-order valence-electron chi connectivity index (χ1n) is 6.42. The smallest absolute Gasteiger partial charge is 0.320 e. The van der Waals surface area contributed by atoms with Crippen molar-refractivity contribution in [1.82, 2.24) is 9.55 Å². The van der Waals surface area contributed by atoms with Crippen LogP contribution in [0, 0.1) is 5.82 Å². The third-order valence-electron chi connectivity index (χ3n) is 3.00. The Bertz CT molecular complexity index is 865. The van der Waals surface area contributed by atoms with Crippen molar-refractivity contribution in [3.8, 4) is 0 Å². The number of hydrogen-bond donors (Lipinski definition) is 4. The Morgan fingerprint density at radius 3 is 2.64 bits per heavy atom. The number of rotatable bonds is 6. The van der Waals surface area contributed by atoms with E-state index in [9.17, 15) is 27.5 Å². The lowest BCUT2D eigenvalue weighted by Gasteiger charge is -2.22. The number of phosphoric ester groups is 1. The Morgan fingerprint density at radius 1 is 1.40 bits per heavy atom. The molecule has 25 heavy (non-hydrogen) atoms. The molecule has 0 amide bonds. The van der Waals surface area contributed by atoms with Gasteiger partial charge in [0.15, 0.2) is 0 Å². The molecule has 1 aliphatic heterocycles. The summed E-state index contributed by atoms with van der Waals surface area (Å²) in [5, 5.41) is 0. The van der Waals surface area contributed by atoms with Crippen LogP contribution in [0.15, 0.2) is 15.8 Å². The normalized spacial score (nSPS) is 26.5. The van der Waals surface area contributed by atoms with Crippen molar-refractivity contribution in [2.75, 3.05) is 6.61 Å². The second-order valence-electron chi connectivity index (χ2n) is 4.95. The molecule has 2 rings (SSSR count). The molecule has 0 radical (unpaired) electrons. The maximum atomic E-state index is 14.4. The van der Waals surface area contributed by atoms with Crippen LogP contribution < -0.4 is 11.2 Å². The van der Waals surface area contributed by atoms with Crippen LogP contribution in [0.1, 0.15) is 19.1 Å². The van der Waals surface area contributed by atoms with Crippen molar-refractivity contribution >= 4 is 15.6 Å². The summed E-state index contributed by atoms with van der Waals surface area (Å²) in [6.45, 7) is -1.27. The fourth-order valence-electron chi connectivity index (χ4n) is 2.01. The van der Waals surface area contributed by atoms with Crippen LogP contribution in [0.25, 0.3) is 0 Å². The Balaban J connectivity index is 2.07. The molecular formula is C9H12F2N2O10P2. The van der Waals surface area contributed by atoms with E-state index in [-0.39, 0.29) is 6.42 Å². The number of nitrogens with zero attached hydrogens (tertiary/aromatic N) is 1. The van der Waals surface area contributed by atoms with Crippen LogP contribution in [0.4, 0.5) is 8.78 Å².